The molecule has 0 unspecified atom stereocenters. The summed E-state index contributed by atoms with van der Waals surface area (Å²) in [5.74, 6) is -1.04. The molecule has 0 fully saturated rings. The summed E-state index contributed by atoms with van der Waals surface area (Å²) in [5, 5.41) is 5.05. The van der Waals surface area contributed by atoms with Crippen LogP contribution in [-0.4, -0.2) is 61.6 Å². The van der Waals surface area contributed by atoms with Gasteiger partial charge in [0.1, 0.15) is 19.8 Å². The van der Waals surface area contributed by atoms with Gasteiger partial charge in [0.15, 0.2) is 0 Å². The summed E-state index contributed by atoms with van der Waals surface area (Å²) in [6, 6.07) is 27.8. The van der Waals surface area contributed by atoms with Gasteiger partial charge in [-0.3, -0.25) is 14.4 Å². The highest BCUT2D eigenvalue weighted by molar-refractivity contribution is 5.81. The maximum Gasteiger partial charge on any atom is 0.325 e. The molecule has 0 bridgehead atoms. The molecule has 0 radical (unpaired) electrons. The first kappa shape index (κ1) is 38.4. The van der Waals surface area contributed by atoms with Gasteiger partial charge in [-0.2, -0.15) is 0 Å². The van der Waals surface area contributed by atoms with Crippen LogP contribution in [0.4, 0.5) is 4.79 Å². The van der Waals surface area contributed by atoms with Gasteiger partial charge in [0.2, 0.25) is 5.91 Å². The summed E-state index contributed by atoms with van der Waals surface area (Å²) in [6.45, 7) is 12.1. The molecule has 0 aromatic heterocycles. The SMILES string of the molecule is CC.CC(=O)NCCOC(=O)CCN(CC(C)C)C(=O)NCC(=O)OCc1ccccc1.Cc1ccc(-c2ccccc2)cc1. The number of esters is 2. The van der Waals surface area contributed by atoms with Gasteiger partial charge in [-0.05, 0) is 29.5 Å². The number of nitrogens with one attached hydrogen (secondary N) is 2. The number of carbonyl (C=O) groups is 4. The van der Waals surface area contributed by atoms with Crippen molar-refractivity contribution in [3.8, 4) is 11.1 Å². The monoisotopic (exact) mass is 619 g/mol. The number of hydrogen-bond donors (Lipinski definition) is 2. The molecule has 45 heavy (non-hydrogen) atoms. The Bertz CT molecular complexity index is 1260. The standard InChI is InChI=1S/C21H31N3O6.C13H12.C2H6/c1-16(2)14-24(11-9-19(26)29-12-10-22-17(3)25)21(28)23-13-20(27)30-15-18-7-5-4-6-8-18;1-11-7-9-13(10-8-11)12-5-3-2-4-6-12;1-2/h4-8,16H,9-15H2,1-3H3,(H,22,25)(H,23,28);2-10H,1H3;1-2H3. The molecule has 0 saturated carbocycles. The minimum absolute atomic E-state index is 0.0126. The highest BCUT2D eigenvalue weighted by Gasteiger charge is 2.18. The van der Waals surface area contributed by atoms with E-state index in [0.717, 1.165) is 5.56 Å². The van der Waals surface area contributed by atoms with Crippen molar-refractivity contribution in [2.75, 3.05) is 32.8 Å². The molecule has 244 valence electrons. The number of amides is 3. The molecule has 0 spiro atoms. The third-order valence-corrected chi connectivity index (χ3v) is 5.98. The van der Waals surface area contributed by atoms with Gasteiger partial charge >= 0.3 is 18.0 Å². The Kier molecular flexibility index (Phi) is 19.5. The topological polar surface area (TPSA) is 114 Å². The Morgan fingerprint density at radius 3 is 1.91 bits per heavy atom. The summed E-state index contributed by atoms with van der Waals surface area (Å²) >= 11 is 0. The average molecular weight is 620 g/mol. The molecular weight excluding hydrogens is 570 g/mol. The third kappa shape index (κ3) is 17.9. The van der Waals surface area contributed by atoms with Crippen molar-refractivity contribution in [1.82, 2.24) is 15.5 Å². The first-order valence-electron chi connectivity index (χ1n) is 15.4. The number of benzene rings is 3. The van der Waals surface area contributed by atoms with Crippen LogP contribution in [0.2, 0.25) is 0 Å². The van der Waals surface area contributed by atoms with Crippen molar-refractivity contribution in [1.29, 1.82) is 0 Å². The van der Waals surface area contributed by atoms with Crippen molar-refractivity contribution < 1.29 is 28.7 Å². The van der Waals surface area contributed by atoms with E-state index >= 15 is 0 Å². The molecule has 9 nitrogen and oxygen atoms in total. The fourth-order valence-corrected chi connectivity index (χ4v) is 3.83. The largest absolute Gasteiger partial charge is 0.464 e. The molecule has 0 saturated heterocycles. The van der Waals surface area contributed by atoms with Gasteiger partial charge in [0, 0.05) is 20.0 Å². The lowest BCUT2D eigenvalue weighted by atomic mass is 10.0. The molecule has 0 aliphatic carbocycles. The van der Waals surface area contributed by atoms with Gasteiger partial charge in [-0.25, -0.2) is 4.79 Å². The van der Waals surface area contributed by atoms with Crippen LogP contribution in [0.25, 0.3) is 11.1 Å². The van der Waals surface area contributed by atoms with E-state index in [2.05, 4.69) is 66.1 Å². The fraction of sp³-hybridized carbons (Fsp3) is 0.389. The van der Waals surface area contributed by atoms with Crippen molar-refractivity contribution in [3.05, 3.63) is 96.1 Å². The van der Waals surface area contributed by atoms with Gasteiger partial charge < -0.3 is 25.0 Å². The smallest absolute Gasteiger partial charge is 0.325 e. The normalized spacial score (nSPS) is 9.84. The lowest BCUT2D eigenvalue weighted by Gasteiger charge is -2.24. The first-order valence-corrected chi connectivity index (χ1v) is 15.4. The van der Waals surface area contributed by atoms with E-state index in [4.69, 9.17) is 9.47 Å². The Hall–Kier alpha value is -4.66. The minimum atomic E-state index is -0.547. The van der Waals surface area contributed by atoms with Crippen molar-refractivity contribution in [3.63, 3.8) is 0 Å². The summed E-state index contributed by atoms with van der Waals surface area (Å²) < 4.78 is 10.1. The quantitative estimate of drug-likeness (QED) is 0.175. The molecule has 0 heterocycles. The van der Waals surface area contributed by atoms with Crippen molar-refractivity contribution in [2.24, 2.45) is 5.92 Å². The van der Waals surface area contributed by atoms with Crippen LogP contribution in [-0.2, 0) is 30.5 Å². The van der Waals surface area contributed by atoms with E-state index in [-0.39, 0.29) is 51.1 Å². The molecule has 0 atom stereocenters. The minimum Gasteiger partial charge on any atom is -0.464 e. The van der Waals surface area contributed by atoms with Crippen LogP contribution in [0.5, 0.6) is 0 Å². The van der Waals surface area contributed by atoms with Gasteiger partial charge in [0.05, 0.1) is 13.0 Å². The molecule has 0 aliphatic heterocycles. The van der Waals surface area contributed by atoms with Gasteiger partial charge in [-0.1, -0.05) is 118 Å². The first-order chi connectivity index (χ1) is 21.6. The molecule has 3 amide bonds. The van der Waals surface area contributed by atoms with Crippen molar-refractivity contribution in [2.45, 2.75) is 54.6 Å². The lowest BCUT2D eigenvalue weighted by molar-refractivity contribution is -0.145. The zero-order valence-electron chi connectivity index (χ0n) is 27.5. The number of urea groups is 1. The number of carbonyl (C=O) groups excluding carboxylic acids is 4. The number of rotatable bonds is 13. The second-order valence-corrected chi connectivity index (χ2v) is 10.3. The second kappa shape index (κ2) is 22.8. The Balaban J connectivity index is 0.000000554. The molecular formula is C36H49N3O6. The molecule has 0 aliphatic rings. The predicted octanol–water partition coefficient (Wildman–Crippen LogP) is 6.16. The fourth-order valence-electron chi connectivity index (χ4n) is 3.83. The highest BCUT2D eigenvalue weighted by Crippen LogP contribution is 2.18. The van der Waals surface area contributed by atoms with E-state index < -0.39 is 18.0 Å². The second-order valence-electron chi connectivity index (χ2n) is 10.3. The highest BCUT2D eigenvalue weighted by atomic mass is 16.5. The van der Waals surface area contributed by atoms with Crippen molar-refractivity contribution >= 4 is 23.9 Å². The van der Waals surface area contributed by atoms with Crippen LogP contribution in [0.15, 0.2) is 84.9 Å². The van der Waals surface area contributed by atoms with E-state index in [9.17, 15) is 19.2 Å². The summed E-state index contributed by atoms with van der Waals surface area (Å²) in [5.41, 5.74) is 4.73. The molecule has 3 aromatic carbocycles. The lowest BCUT2D eigenvalue weighted by Crippen LogP contribution is -2.44. The van der Waals surface area contributed by atoms with E-state index in [1.807, 2.05) is 64.1 Å². The molecule has 9 heteroatoms. The summed E-state index contributed by atoms with van der Waals surface area (Å²) in [4.78, 5) is 48.3. The Labute approximate surface area is 268 Å². The van der Waals surface area contributed by atoms with Gasteiger partial charge in [0.25, 0.3) is 0 Å². The van der Waals surface area contributed by atoms with E-state index in [1.54, 1.807) is 0 Å². The van der Waals surface area contributed by atoms with E-state index in [1.165, 1.54) is 28.5 Å². The van der Waals surface area contributed by atoms with Crippen LogP contribution in [0, 0.1) is 12.8 Å². The molecule has 2 N–H and O–H groups in total. The number of aryl methyl sites for hydroxylation is 1. The average Bonchev–Trinajstić information content (AvgIpc) is 3.05. The van der Waals surface area contributed by atoms with Gasteiger partial charge in [-0.15, -0.1) is 0 Å². The van der Waals surface area contributed by atoms with Crippen LogP contribution < -0.4 is 10.6 Å². The number of ether oxygens (including phenoxy) is 2. The van der Waals surface area contributed by atoms with Crippen LogP contribution in [0.3, 0.4) is 0 Å². The number of hydrogen-bond acceptors (Lipinski definition) is 6. The predicted molar refractivity (Wildman–Crippen MR) is 178 cm³/mol. The maximum absolute atomic E-state index is 12.4. The maximum atomic E-state index is 12.4. The molecule has 3 aromatic rings. The van der Waals surface area contributed by atoms with Crippen LogP contribution in [0.1, 0.15) is 52.2 Å². The zero-order valence-corrected chi connectivity index (χ0v) is 27.5. The summed E-state index contributed by atoms with van der Waals surface area (Å²) in [6.07, 6.45) is 0.0126. The summed E-state index contributed by atoms with van der Waals surface area (Å²) in [7, 11) is 0. The van der Waals surface area contributed by atoms with E-state index in [0.29, 0.717) is 6.54 Å². The number of nitrogens with zero attached hydrogens (tertiary/aromatic N) is 1. The zero-order chi connectivity index (χ0) is 33.5. The Morgan fingerprint density at radius 2 is 1.33 bits per heavy atom. The molecule has 3 rings (SSSR count). The van der Waals surface area contributed by atoms with Crippen LogP contribution >= 0.6 is 0 Å². The third-order valence-electron chi connectivity index (χ3n) is 5.98. The Morgan fingerprint density at radius 1 is 0.756 bits per heavy atom.